The van der Waals surface area contributed by atoms with Crippen molar-refractivity contribution in [1.29, 1.82) is 0 Å². The number of halogens is 4. The van der Waals surface area contributed by atoms with Crippen LogP contribution in [0.4, 0.5) is 24.5 Å². The molecule has 282 valence electrons. The van der Waals surface area contributed by atoms with E-state index in [9.17, 15) is 32.7 Å². The van der Waals surface area contributed by atoms with Crippen LogP contribution in [0.25, 0.3) is 17.2 Å². The molecule has 2 N–H and O–H groups in total. The van der Waals surface area contributed by atoms with E-state index in [0.717, 1.165) is 10.6 Å². The van der Waals surface area contributed by atoms with Crippen LogP contribution in [-0.2, 0) is 17.8 Å². The molecule has 0 bridgehead atoms. The molecule has 54 heavy (non-hydrogen) atoms. The maximum atomic E-state index is 14.4. The van der Waals surface area contributed by atoms with E-state index >= 15 is 0 Å². The van der Waals surface area contributed by atoms with Crippen molar-refractivity contribution in [2.24, 2.45) is 0 Å². The van der Waals surface area contributed by atoms with E-state index in [1.54, 1.807) is 34.6 Å². The molecule has 15 nitrogen and oxygen atoms in total. The van der Waals surface area contributed by atoms with E-state index in [4.69, 9.17) is 26.1 Å². The average Bonchev–Trinajstić information content (AvgIpc) is 3.60. The number of hydrogen-bond donors (Lipinski definition) is 2. The predicted octanol–water partition coefficient (Wildman–Crippen LogP) is 4.56. The normalized spacial score (nSPS) is 14.4. The summed E-state index contributed by atoms with van der Waals surface area (Å²) in [5, 5.41) is 17.5. The number of carbonyl (C=O) groups excluding carboxylic acids is 2. The Labute approximate surface area is 313 Å². The van der Waals surface area contributed by atoms with Gasteiger partial charge in [0.15, 0.2) is 28.8 Å². The molecule has 2 aromatic carbocycles. The summed E-state index contributed by atoms with van der Waals surface area (Å²) in [7, 11) is 0. The summed E-state index contributed by atoms with van der Waals surface area (Å²) in [5.41, 5.74) is -3.65. The van der Waals surface area contributed by atoms with E-state index < -0.39 is 22.9 Å². The minimum Gasteiger partial charge on any atom is -0.504 e. The van der Waals surface area contributed by atoms with Gasteiger partial charge in [0.05, 0.1) is 27.7 Å². The number of nitrogens with zero attached hydrogens (tertiary/aromatic N) is 8. The Morgan fingerprint density at radius 1 is 1.07 bits per heavy atom. The maximum Gasteiger partial charge on any atom is 0.446 e. The van der Waals surface area contributed by atoms with E-state index in [0.29, 0.717) is 29.4 Å². The molecule has 3 aromatic heterocycles. The summed E-state index contributed by atoms with van der Waals surface area (Å²) in [4.78, 5) is 57.1. The molecule has 2 amide bonds. The number of benzene rings is 2. The zero-order valence-electron chi connectivity index (χ0n) is 28.7. The maximum absolute atomic E-state index is 14.4. The SMILES string of the molecule is CCc1c(N2CCN(C(=O)c3ncnc(C)c3O)CC2)c(=O)n2nc(-c3cccc4c3OCCO4)nc2n1CC(=O)Nc1ccc(SC(F)(F)F)cc1Cl. The van der Waals surface area contributed by atoms with Gasteiger partial charge in [-0.1, -0.05) is 24.6 Å². The number of thioether (sulfide) groups is 1. The molecule has 5 aromatic rings. The van der Waals surface area contributed by atoms with Gasteiger partial charge in [-0.3, -0.25) is 14.4 Å². The Kier molecular flexibility index (Phi) is 10.0. The topological polar surface area (TPSA) is 169 Å². The van der Waals surface area contributed by atoms with E-state index in [1.807, 2.05) is 6.92 Å². The quantitative estimate of drug-likeness (QED) is 0.211. The van der Waals surface area contributed by atoms with Crippen LogP contribution < -0.4 is 25.2 Å². The first kappa shape index (κ1) is 36.8. The third-order valence-electron chi connectivity index (χ3n) is 8.81. The number of anilines is 2. The number of aromatic nitrogens is 6. The number of alkyl halides is 3. The number of amides is 2. The Balaban J connectivity index is 1.26. The second kappa shape index (κ2) is 14.7. The van der Waals surface area contributed by atoms with Crippen molar-refractivity contribution in [2.45, 2.75) is 37.2 Å². The van der Waals surface area contributed by atoms with E-state index in [-0.39, 0.29) is 108 Å². The van der Waals surface area contributed by atoms with E-state index in [2.05, 4.69) is 20.4 Å². The summed E-state index contributed by atoms with van der Waals surface area (Å²) in [5.74, 6) is -0.323. The van der Waals surface area contributed by atoms with Gasteiger partial charge < -0.3 is 34.3 Å². The Morgan fingerprint density at radius 3 is 2.56 bits per heavy atom. The number of para-hydroxylation sites is 1. The molecule has 1 fully saturated rings. The smallest absolute Gasteiger partial charge is 0.446 e. The van der Waals surface area contributed by atoms with Crippen molar-refractivity contribution in [1.82, 2.24) is 34.0 Å². The first-order valence-electron chi connectivity index (χ1n) is 16.6. The first-order chi connectivity index (χ1) is 25.8. The molecule has 0 atom stereocenters. The van der Waals surface area contributed by atoms with Crippen LogP contribution in [0.3, 0.4) is 0 Å². The van der Waals surface area contributed by atoms with Crippen LogP contribution in [0, 0.1) is 6.92 Å². The largest absolute Gasteiger partial charge is 0.504 e. The number of fused-ring (bicyclic) bond motifs is 2. The summed E-state index contributed by atoms with van der Waals surface area (Å²) in [6.45, 7) is 4.42. The van der Waals surface area contributed by atoms with Gasteiger partial charge in [0, 0.05) is 31.1 Å². The molecule has 0 radical (unpaired) electrons. The van der Waals surface area contributed by atoms with E-state index in [1.165, 1.54) is 23.4 Å². The van der Waals surface area contributed by atoms with Crippen molar-refractivity contribution in [3.8, 4) is 28.6 Å². The molecule has 5 heterocycles. The number of nitrogens with one attached hydrogen (secondary N) is 1. The molecule has 0 aliphatic carbocycles. The second-order valence-electron chi connectivity index (χ2n) is 12.2. The number of rotatable bonds is 8. The predicted molar refractivity (Wildman–Crippen MR) is 192 cm³/mol. The molecule has 0 saturated carbocycles. The molecule has 7 rings (SSSR count). The summed E-state index contributed by atoms with van der Waals surface area (Å²) in [6, 6.07) is 8.78. The highest BCUT2D eigenvalue weighted by Gasteiger charge is 2.32. The van der Waals surface area contributed by atoms with Gasteiger partial charge >= 0.3 is 5.51 Å². The molecule has 0 unspecified atom stereocenters. The number of carbonyl (C=O) groups is 2. The molecule has 0 spiro atoms. The van der Waals surface area contributed by atoms with Crippen molar-refractivity contribution < 1.29 is 37.3 Å². The van der Waals surface area contributed by atoms with Gasteiger partial charge in [0.1, 0.15) is 31.8 Å². The highest BCUT2D eigenvalue weighted by molar-refractivity contribution is 8.00. The zero-order valence-corrected chi connectivity index (χ0v) is 30.3. The van der Waals surface area contributed by atoms with Crippen molar-refractivity contribution >= 4 is 52.3 Å². The van der Waals surface area contributed by atoms with Crippen molar-refractivity contribution in [3.05, 3.63) is 75.2 Å². The lowest BCUT2D eigenvalue weighted by molar-refractivity contribution is -0.116. The highest BCUT2D eigenvalue weighted by atomic mass is 35.5. The summed E-state index contributed by atoms with van der Waals surface area (Å²) in [6.07, 6.45) is 1.47. The van der Waals surface area contributed by atoms with Crippen LogP contribution >= 0.6 is 23.4 Å². The molecular weight excluding hydrogens is 755 g/mol. The third kappa shape index (κ3) is 7.20. The number of ether oxygens (including phenoxy) is 2. The number of aryl methyl sites for hydroxylation is 1. The number of piperazine rings is 1. The fourth-order valence-electron chi connectivity index (χ4n) is 6.33. The summed E-state index contributed by atoms with van der Waals surface area (Å²) < 4.78 is 53.1. The lowest BCUT2D eigenvalue weighted by Gasteiger charge is -2.36. The zero-order chi connectivity index (χ0) is 38.3. The number of aromatic hydroxyl groups is 1. The van der Waals surface area contributed by atoms with Crippen LogP contribution in [0.5, 0.6) is 17.2 Å². The molecule has 1 saturated heterocycles. The van der Waals surface area contributed by atoms with Crippen LogP contribution in [0.2, 0.25) is 5.02 Å². The lowest BCUT2D eigenvalue weighted by atomic mass is 10.1. The fourth-order valence-corrected chi connectivity index (χ4v) is 7.20. The lowest BCUT2D eigenvalue weighted by Crippen LogP contribution is -2.51. The first-order valence-corrected chi connectivity index (χ1v) is 17.8. The standard InChI is InChI=1S/C34H31ClF3N9O6S/c1-3-23-27(44-9-11-45(12-10-44)31(50)26-28(49)18(2)39-17-40-26)32(51)47-33(42-30(43-47)20-5-4-6-24-29(20)53-14-13-52-24)46(23)16-25(48)41-22-8-7-19(15-21(22)35)54-34(36,37)38/h4-8,15,17,49H,3,9-14,16H2,1-2H3,(H,41,48). The minimum absolute atomic E-state index is 0.0477. The minimum atomic E-state index is -4.52. The van der Waals surface area contributed by atoms with Gasteiger partial charge in [-0.25, -0.2) is 9.97 Å². The highest BCUT2D eigenvalue weighted by Crippen LogP contribution is 2.40. The molecule has 2 aliphatic heterocycles. The van der Waals surface area contributed by atoms with Gasteiger partial charge in [0.2, 0.25) is 11.7 Å². The second-order valence-corrected chi connectivity index (χ2v) is 13.7. The Bertz CT molecular complexity index is 2350. The fraction of sp³-hybridized carbons (Fsp3) is 0.324. The number of hydrogen-bond acceptors (Lipinski definition) is 12. The van der Waals surface area contributed by atoms with Gasteiger partial charge in [-0.2, -0.15) is 22.7 Å². The monoisotopic (exact) mass is 785 g/mol. The van der Waals surface area contributed by atoms with Crippen LogP contribution in [0.15, 0.2) is 52.4 Å². The van der Waals surface area contributed by atoms with Crippen molar-refractivity contribution in [2.75, 3.05) is 49.6 Å². The van der Waals surface area contributed by atoms with Gasteiger partial charge in [-0.15, -0.1) is 5.10 Å². The van der Waals surface area contributed by atoms with Gasteiger partial charge in [0.25, 0.3) is 11.5 Å². The molecular formula is C34H31ClF3N9O6S. The Morgan fingerprint density at radius 2 is 1.83 bits per heavy atom. The van der Waals surface area contributed by atoms with Crippen LogP contribution in [-0.4, -0.2) is 95.9 Å². The molecule has 2 aliphatic rings. The summed E-state index contributed by atoms with van der Waals surface area (Å²) >= 11 is 5.95. The van der Waals surface area contributed by atoms with Crippen LogP contribution in [0.1, 0.15) is 28.8 Å². The third-order valence-corrected chi connectivity index (χ3v) is 9.84. The van der Waals surface area contributed by atoms with Crippen molar-refractivity contribution in [3.63, 3.8) is 0 Å². The van der Waals surface area contributed by atoms with Gasteiger partial charge in [-0.05, 0) is 55.4 Å². The Hall–Kier alpha value is -5.56. The molecule has 20 heteroatoms. The average molecular weight is 786 g/mol.